The number of aliphatic hydroxyl groups is 2. The minimum Gasteiger partial charge on any atom is -0.511 e. The normalized spacial score (nSPS) is 42.0. The molecule has 6 aliphatic rings. The van der Waals surface area contributed by atoms with Crippen molar-refractivity contribution in [2.75, 3.05) is 0 Å². The summed E-state index contributed by atoms with van der Waals surface area (Å²) in [5.74, 6) is -4.44. The summed E-state index contributed by atoms with van der Waals surface area (Å²) >= 11 is 12.2. The van der Waals surface area contributed by atoms with Gasteiger partial charge in [-0.15, -0.1) is 0 Å². The third-order valence-electron chi connectivity index (χ3n) is 14.5. The van der Waals surface area contributed by atoms with Gasteiger partial charge >= 0.3 is 11.9 Å². The summed E-state index contributed by atoms with van der Waals surface area (Å²) in [6.07, 6.45) is 12.3. The number of hydrogen-bond donors (Lipinski definition) is 5. The van der Waals surface area contributed by atoms with Crippen LogP contribution < -0.4 is 5.32 Å². The summed E-state index contributed by atoms with van der Waals surface area (Å²) in [5, 5.41) is 37.5. The maximum atomic E-state index is 15.1. The van der Waals surface area contributed by atoms with Crippen molar-refractivity contribution in [3.05, 3.63) is 69.2 Å². The monoisotopic (exact) mass is 842 g/mol. The molecule has 3 heterocycles. The average molecular weight is 844 g/mol. The number of ketones is 1. The number of H-pyrrole nitrogens is 1. The molecular weight excluding hydrogens is 787 g/mol. The summed E-state index contributed by atoms with van der Waals surface area (Å²) in [7, 11) is 0. The van der Waals surface area contributed by atoms with Gasteiger partial charge in [0.05, 0.1) is 34.8 Å². The Balaban J connectivity index is 1.21. The van der Waals surface area contributed by atoms with E-state index >= 15 is 4.79 Å². The largest absolute Gasteiger partial charge is 0.511 e. The van der Waals surface area contributed by atoms with Crippen molar-refractivity contribution < 1.29 is 48.7 Å². The number of aliphatic hydroxyl groups excluding tert-OH is 2. The van der Waals surface area contributed by atoms with E-state index in [4.69, 9.17) is 37.4 Å². The van der Waals surface area contributed by atoms with Crippen LogP contribution in [0.1, 0.15) is 109 Å². The van der Waals surface area contributed by atoms with Crippen LogP contribution in [0.2, 0.25) is 10.2 Å². The van der Waals surface area contributed by atoms with E-state index in [1.165, 1.54) is 6.07 Å². The second kappa shape index (κ2) is 16.2. The van der Waals surface area contributed by atoms with Gasteiger partial charge in [0.1, 0.15) is 22.2 Å². The molecule has 2 saturated heterocycles. The Bertz CT molecular complexity index is 1940. The Morgan fingerprint density at radius 1 is 1.10 bits per heavy atom. The fourth-order valence-electron chi connectivity index (χ4n) is 11.3. The van der Waals surface area contributed by atoms with Crippen LogP contribution in [0.25, 0.3) is 0 Å². The quantitative estimate of drug-likeness (QED) is 0.103. The SMILES string of the molecule is CC[C@H]1C[C@]23OC(=O)/C(=C(\O)[C@]4(CC)[C@@H](C=C[C@@H]5[C@@H](O[C@H]6C[C@@H](O)[C@H](NC(=O)c7[nH]c(Cl)cc7Cl)[C@@H](C)O6)[C@@H](C)CC[C@@H]54)CCCC/C=C\[C@@]2(C)C=C1C(=O)O)C3=O. The highest BCUT2D eigenvalue weighted by atomic mass is 35.5. The molecule has 1 aromatic heterocycles. The first-order valence-corrected chi connectivity index (χ1v) is 21.6. The lowest BCUT2D eigenvalue weighted by Gasteiger charge is -2.55. The van der Waals surface area contributed by atoms with Gasteiger partial charge in [-0.1, -0.05) is 80.8 Å². The molecule has 1 aromatic rings. The molecule has 12 nitrogen and oxygen atoms in total. The minimum atomic E-state index is -1.72. The van der Waals surface area contributed by atoms with E-state index in [2.05, 4.69) is 29.4 Å². The number of ether oxygens (including phenoxy) is 3. The van der Waals surface area contributed by atoms with E-state index in [1.807, 2.05) is 26.0 Å². The van der Waals surface area contributed by atoms with E-state index in [-0.39, 0.29) is 69.3 Å². The number of Topliss-reactive ketones (excluding diaryl/α,β-unsaturated/α-hetero) is 1. The van der Waals surface area contributed by atoms with Gasteiger partial charge in [-0.25, -0.2) is 9.59 Å². The van der Waals surface area contributed by atoms with Crippen LogP contribution in [0, 0.1) is 40.4 Å². The molecule has 58 heavy (non-hydrogen) atoms. The molecule has 13 atom stereocenters. The lowest BCUT2D eigenvalue weighted by Crippen LogP contribution is -2.58. The molecule has 5 N–H and O–H groups in total. The van der Waals surface area contributed by atoms with Crippen molar-refractivity contribution in [1.29, 1.82) is 0 Å². The smallest absolute Gasteiger partial charge is 0.346 e. The predicted molar refractivity (Wildman–Crippen MR) is 216 cm³/mol. The summed E-state index contributed by atoms with van der Waals surface area (Å²) in [6.45, 7) is 9.47. The van der Waals surface area contributed by atoms with Gasteiger partial charge in [-0.3, -0.25) is 9.59 Å². The Kier molecular flexibility index (Phi) is 11.9. The van der Waals surface area contributed by atoms with E-state index in [1.54, 1.807) is 19.9 Å². The second-order valence-electron chi connectivity index (χ2n) is 17.6. The van der Waals surface area contributed by atoms with Gasteiger partial charge in [-0.2, -0.15) is 0 Å². The number of hydrogen-bond acceptors (Lipinski definition) is 9. The first-order chi connectivity index (χ1) is 27.5. The second-order valence-corrected chi connectivity index (χ2v) is 18.4. The van der Waals surface area contributed by atoms with Crippen LogP contribution in [-0.4, -0.2) is 80.2 Å². The van der Waals surface area contributed by atoms with E-state index in [9.17, 15) is 29.7 Å². The van der Waals surface area contributed by atoms with Gasteiger partial charge in [0.2, 0.25) is 5.78 Å². The summed E-state index contributed by atoms with van der Waals surface area (Å²) in [6, 6.07) is 0.674. The molecule has 0 unspecified atom stereocenters. The summed E-state index contributed by atoms with van der Waals surface area (Å²) < 4.78 is 19.3. The van der Waals surface area contributed by atoms with Crippen molar-refractivity contribution in [2.45, 2.75) is 135 Å². The average Bonchev–Trinajstić information content (AvgIpc) is 3.65. The minimum absolute atomic E-state index is 0.00395. The lowest BCUT2D eigenvalue weighted by molar-refractivity contribution is -0.258. The molecule has 0 aromatic carbocycles. The van der Waals surface area contributed by atoms with Gasteiger partial charge in [-0.05, 0) is 88.5 Å². The number of carbonyl (C=O) groups is 4. The number of carboxylic acids is 1. The molecule has 1 spiro atoms. The highest BCUT2D eigenvalue weighted by Gasteiger charge is 2.67. The van der Waals surface area contributed by atoms with Gasteiger partial charge in [0, 0.05) is 29.7 Å². The number of rotatable bonds is 7. The third-order valence-corrected chi connectivity index (χ3v) is 15.0. The van der Waals surface area contributed by atoms with Crippen molar-refractivity contribution in [1.82, 2.24) is 10.3 Å². The van der Waals surface area contributed by atoms with Crippen LogP contribution in [0.5, 0.6) is 0 Å². The number of aliphatic carboxylic acids is 1. The predicted octanol–water partition coefficient (Wildman–Crippen LogP) is 7.80. The molecule has 316 valence electrons. The Labute approximate surface area is 349 Å². The molecule has 3 fully saturated rings. The Hall–Kier alpha value is -3.42. The van der Waals surface area contributed by atoms with Crippen molar-refractivity contribution in [3.8, 4) is 0 Å². The molecule has 2 bridgehead atoms. The number of amides is 1. The number of carboxylic acid groups (broad SMARTS) is 1. The Morgan fingerprint density at radius 3 is 2.52 bits per heavy atom. The molecule has 14 heteroatoms. The first kappa shape index (κ1) is 42.7. The zero-order valence-electron chi connectivity index (χ0n) is 33.8. The number of fused-ring (bicyclic) bond motifs is 4. The zero-order valence-corrected chi connectivity index (χ0v) is 35.3. The molecule has 0 radical (unpaired) electrons. The molecule has 1 amide bonds. The number of halogens is 2. The van der Waals surface area contributed by atoms with Crippen molar-refractivity contribution in [3.63, 3.8) is 0 Å². The van der Waals surface area contributed by atoms with Crippen LogP contribution >= 0.6 is 23.2 Å². The van der Waals surface area contributed by atoms with E-state index in [0.717, 1.165) is 25.7 Å². The third kappa shape index (κ3) is 6.98. The van der Waals surface area contributed by atoms with Gasteiger partial charge in [0.25, 0.3) is 5.91 Å². The van der Waals surface area contributed by atoms with Crippen LogP contribution in [0.4, 0.5) is 0 Å². The molecule has 2 aliphatic heterocycles. The summed E-state index contributed by atoms with van der Waals surface area (Å²) in [4.78, 5) is 57.5. The number of carbonyl (C=O) groups excluding carboxylic acids is 3. The van der Waals surface area contributed by atoms with Crippen molar-refractivity contribution >= 4 is 46.8 Å². The maximum absolute atomic E-state index is 15.1. The number of esters is 1. The Morgan fingerprint density at radius 2 is 1.86 bits per heavy atom. The molecule has 7 rings (SSSR count). The molecular formula is C44H56Cl2N2O10. The highest BCUT2D eigenvalue weighted by molar-refractivity contribution is 6.36. The number of nitrogens with one attached hydrogen (secondary N) is 2. The molecule has 4 aliphatic carbocycles. The first-order valence-electron chi connectivity index (χ1n) is 20.9. The topological polar surface area (TPSA) is 184 Å². The zero-order chi connectivity index (χ0) is 41.9. The number of aromatic amines is 1. The van der Waals surface area contributed by atoms with Crippen molar-refractivity contribution in [2.24, 2.45) is 40.4 Å². The van der Waals surface area contributed by atoms with Crippen LogP contribution in [0.15, 0.2) is 53.4 Å². The fraction of sp³-hybridized carbons (Fsp3) is 0.636. The number of aromatic nitrogens is 1. The fourth-order valence-corrected chi connectivity index (χ4v) is 11.8. The van der Waals surface area contributed by atoms with Gasteiger partial charge in [0.15, 0.2) is 11.9 Å². The number of allylic oxidation sites excluding steroid dienone is 3. The lowest BCUT2D eigenvalue weighted by atomic mass is 9.50. The molecule has 1 saturated carbocycles. The maximum Gasteiger partial charge on any atom is 0.346 e. The van der Waals surface area contributed by atoms with Crippen LogP contribution in [-0.2, 0) is 28.6 Å². The standard InChI is InChI=1S/C44H56Cl2N2O10/c1-6-24-20-44-38(51)33(41(55)58-44)37(50)43(7-2)25(12-10-8-9-11-17-42(44,5)21-27(24)40(53)54)14-15-26-28(43)16-13-22(3)36(26)57-32-19-30(49)34(23(4)56-32)48-39(52)35-29(45)18-31(46)47-35/h11,14-15,17-18,21-26,28,30,32,34,36,47,49-50H,6-10,12-13,16,19-20H2,1-5H3,(H,48,52)(H,53,54)/b17-11-,37-33-/t22-,23+,24-,25+,26-,28-,30+,32-,34+,36-,42-,43+,44+/m0/s1. The highest BCUT2D eigenvalue weighted by Crippen LogP contribution is 2.61. The van der Waals surface area contributed by atoms with E-state index < -0.39 is 76.6 Å². The summed E-state index contributed by atoms with van der Waals surface area (Å²) in [5.41, 5.74) is -4.03. The van der Waals surface area contributed by atoms with Crippen LogP contribution in [0.3, 0.4) is 0 Å². The van der Waals surface area contributed by atoms with E-state index in [0.29, 0.717) is 25.7 Å². The van der Waals surface area contributed by atoms with Gasteiger partial charge < -0.3 is 39.8 Å².